The molecule has 0 saturated heterocycles. The summed E-state index contributed by atoms with van der Waals surface area (Å²) in [5, 5.41) is 15.6. The average Bonchev–Trinajstić information content (AvgIpc) is 2.74. The molecule has 29 heavy (non-hydrogen) atoms. The fourth-order valence-electron chi connectivity index (χ4n) is 4.28. The molecule has 0 unspecified atom stereocenters. The highest BCUT2D eigenvalue weighted by atomic mass is 16.3. The molecule has 0 radical (unpaired) electrons. The van der Waals surface area contributed by atoms with Crippen LogP contribution in [0.25, 0.3) is 43.8 Å². The Balaban J connectivity index is 1.97. The van der Waals surface area contributed by atoms with Gasteiger partial charge in [0, 0.05) is 11.1 Å². The standard InChI is InChI=1S/C28H22O/c1-18-8-12-24-21(16-18)10-14-23(20-6-4-3-5-7-20)27(24)28-25-13-9-19(2)17-22(25)11-15-26(28)29/h3-17,29H,1-2H3. The molecule has 0 bridgehead atoms. The number of aryl methyl sites for hydroxylation is 2. The summed E-state index contributed by atoms with van der Waals surface area (Å²) in [6.07, 6.45) is 0. The molecule has 0 saturated carbocycles. The molecular formula is C28H22O. The first-order valence-corrected chi connectivity index (χ1v) is 9.93. The van der Waals surface area contributed by atoms with Gasteiger partial charge < -0.3 is 5.11 Å². The number of phenolic OH excluding ortho intramolecular Hbond substituents is 1. The van der Waals surface area contributed by atoms with Gasteiger partial charge in [-0.3, -0.25) is 0 Å². The predicted molar refractivity (Wildman–Crippen MR) is 123 cm³/mol. The second kappa shape index (κ2) is 6.79. The van der Waals surface area contributed by atoms with Gasteiger partial charge in [-0.05, 0) is 52.6 Å². The fourth-order valence-corrected chi connectivity index (χ4v) is 4.28. The van der Waals surface area contributed by atoms with E-state index in [1.165, 1.54) is 16.5 Å². The largest absolute Gasteiger partial charge is 0.507 e. The Morgan fingerprint density at radius 2 is 1.14 bits per heavy atom. The predicted octanol–water partition coefficient (Wildman–Crippen LogP) is 7.65. The van der Waals surface area contributed by atoms with E-state index in [9.17, 15) is 5.11 Å². The maximum Gasteiger partial charge on any atom is 0.124 e. The SMILES string of the molecule is Cc1ccc2c(-c3c(-c4ccccc4)ccc4cc(C)ccc34)c(O)ccc2c1. The highest BCUT2D eigenvalue weighted by Crippen LogP contribution is 2.45. The molecule has 0 spiro atoms. The number of aromatic hydroxyl groups is 1. The lowest BCUT2D eigenvalue weighted by atomic mass is 9.86. The van der Waals surface area contributed by atoms with Gasteiger partial charge in [0.15, 0.2) is 0 Å². The molecule has 0 amide bonds. The van der Waals surface area contributed by atoms with Gasteiger partial charge in [-0.15, -0.1) is 0 Å². The molecule has 0 aliphatic carbocycles. The lowest BCUT2D eigenvalue weighted by Crippen LogP contribution is -1.91. The van der Waals surface area contributed by atoms with Crippen molar-refractivity contribution >= 4 is 21.5 Å². The van der Waals surface area contributed by atoms with Crippen LogP contribution in [0.1, 0.15) is 11.1 Å². The van der Waals surface area contributed by atoms with E-state index in [0.29, 0.717) is 5.75 Å². The summed E-state index contributed by atoms with van der Waals surface area (Å²) in [4.78, 5) is 0. The van der Waals surface area contributed by atoms with Crippen molar-refractivity contribution < 1.29 is 5.11 Å². The molecule has 0 aromatic heterocycles. The molecule has 0 heterocycles. The molecule has 5 rings (SSSR count). The minimum absolute atomic E-state index is 0.312. The van der Waals surface area contributed by atoms with E-state index in [-0.39, 0.29) is 0 Å². The Labute approximate surface area is 170 Å². The van der Waals surface area contributed by atoms with Crippen molar-refractivity contribution in [3.63, 3.8) is 0 Å². The van der Waals surface area contributed by atoms with Gasteiger partial charge in [0.2, 0.25) is 0 Å². The number of hydrogen-bond acceptors (Lipinski definition) is 1. The molecule has 0 atom stereocenters. The summed E-state index contributed by atoms with van der Waals surface area (Å²) in [6, 6.07) is 31.5. The third-order valence-electron chi connectivity index (χ3n) is 5.66. The normalized spacial score (nSPS) is 11.2. The number of fused-ring (bicyclic) bond motifs is 2. The van der Waals surface area contributed by atoms with E-state index in [4.69, 9.17) is 0 Å². The van der Waals surface area contributed by atoms with Crippen LogP contribution in [0.5, 0.6) is 5.75 Å². The number of hydrogen-bond donors (Lipinski definition) is 1. The van der Waals surface area contributed by atoms with E-state index < -0.39 is 0 Å². The first-order chi connectivity index (χ1) is 14.1. The minimum Gasteiger partial charge on any atom is -0.507 e. The lowest BCUT2D eigenvalue weighted by molar-refractivity contribution is 0.478. The van der Waals surface area contributed by atoms with Crippen LogP contribution in [0.4, 0.5) is 0 Å². The molecule has 1 heteroatoms. The lowest BCUT2D eigenvalue weighted by Gasteiger charge is -2.18. The zero-order valence-corrected chi connectivity index (χ0v) is 16.6. The Hall–Kier alpha value is -3.58. The quantitative estimate of drug-likeness (QED) is 0.336. The van der Waals surface area contributed by atoms with Crippen molar-refractivity contribution in [2.24, 2.45) is 0 Å². The van der Waals surface area contributed by atoms with Gasteiger partial charge in [0.1, 0.15) is 5.75 Å². The maximum atomic E-state index is 11.0. The van der Waals surface area contributed by atoms with Crippen molar-refractivity contribution in [2.45, 2.75) is 13.8 Å². The molecule has 5 aromatic carbocycles. The average molecular weight is 374 g/mol. The van der Waals surface area contributed by atoms with Crippen LogP contribution in [0.15, 0.2) is 91.0 Å². The number of phenols is 1. The first kappa shape index (κ1) is 17.5. The van der Waals surface area contributed by atoms with E-state index in [0.717, 1.165) is 38.4 Å². The highest BCUT2D eigenvalue weighted by molar-refractivity contribution is 6.12. The highest BCUT2D eigenvalue weighted by Gasteiger charge is 2.18. The van der Waals surface area contributed by atoms with Gasteiger partial charge in [-0.1, -0.05) is 96.1 Å². The second-order valence-corrected chi connectivity index (χ2v) is 7.76. The molecule has 0 aliphatic rings. The number of rotatable bonds is 2. The van der Waals surface area contributed by atoms with Crippen LogP contribution < -0.4 is 0 Å². The van der Waals surface area contributed by atoms with Crippen molar-refractivity contribution in [2.75, 3.05) is 0 Å². The third-order valence-corrected chi connectivity index (χ3v) is 5.66. The van der Waals surface area contributed by atoms with Crippen LogP contribution in [-0.4, -0.2) is 5.11 Å². The molecule has 1 N–H and O–H groups in total. The molecule has 140 valence electrons. The summed E-state index contributed by atoms with van der Waals surface area (Å²) in [5.74, 6) is 0.312. The summed E-state index contributed by atoms with van der Waals surface area (Å²) < 4.78 is 0. The third kappa shape index (κ3) is 2.96. The van der Waals surface area contributed by atoms with E-state index in [1.54, 1.807) is 0 Å². The zero-order chi connectivity index (χ0) is 20.0. The van der Waals surface area contributed by atoms with Crippen LogP contribution in [0.3, 0.4) is 0 Å². The topological polar surface area (TPSA) is 20.2 Å². The first-order valence-electron chi connectivity index (χ1n) is 9.93. The Morgan fingerprint density at radius 3 is 1.79 bits per heavy atom. The summed E-state index contributed by atoms with van der Waals surface area (Å²) in [5.41, 5.74) is 6.70. The Morgan fingerprint density at radius 1 is 0.552 bits per heavy atom. The van der Waals surface area contributed by atoms with Crippen molar-refractivity contribution in [3.8, 4) is 28.0 Å². The van der Waals surface area contributed by atoms with E-state index in [1.807, 2.05) is 18.2 Å². The molecule has 0 fully saturated rings. The summed E-state index contributed by atoms with van der Waals surface area (Å²) >= 11 is 0. The van der Waals surface area contributed by atoms with Gasteiger partial charge in [-0.2, -0.15) is 0 Å². The zero-order valence-electron chi connectivity index (χ0n) is 16.6. The fraction of sp³-hybridized carbons (Fsp3) is 0.0714. The van der Waals surface area contributed by atoms with Crippen LogP contribution in [0, 0.1) is 13.8 Å². The van der Waals surface area contributed by atoms with Crippen LogP contribution >= 0.6 is 0 Å². The smallest absolute Gasteiger partial charge is 0.124 e. The Kier molecular flexibility index (Phi) is 4.10. The van der Waals surface area contributed by atoms with Crippen molar-refractivity contribution in [1.29, 1.82) is 0 Å². The van der Waals surface area contributed by atoms with Gasteiger partial charge in [-0.25, -0.2) is 0 Å². The maximum absolute atomic E-state index is 11.0. The molecule has 1 nitrogen and oxygen atoms in total. The van der Waals surface area contributed by atoms with Crippen molar-refractivity contribution in [1.82, 2.24) is 0 Å². The van der Waals surface area contributed by atoms with Gasteiger partial charge >= 0.3 is 0 Å². The van der Waals surface area contributed by atoms with E-state index in [2.05, 4.69) is 86.6 Å². The van der Waals surface area contributed by atoms with Crippen molar-refractivity contribution in [3.05, 3.63) is 102 Å². The minimum atomic E-state index is 0.312. The monoisotopic (exact) mass is 374 g/mol. The molecule has 5 aromatic rings. The van der Waals surface area contributed by atoms with Gasteiger partial charge in [0.05, 0.1) is 0 Å². The summed E-state index contributed by atoms with van der Waals surface area (Å²) in [7, 11) is 0. The van der Waals surface area contributed by atoms with E-state index >= 15 is 0 Å². The van der Waals surface area contributed by atoms with Gasteiger partial charge in [0.25, 0.3) is 0 Å². The molecule has 0 aliphatic heterocycles. The summed E-state index contributed by atoms with van der Waals surface area (Å²) in [6.45, 7) is 4.21. The molecular weight excluding hydrogens is 352 g/mol. The van der Waals surface area contributed by atoms with Crippen LogP contribution in [-0.2, 0) is 0 Å². The number of benzene rings is 5. The van der Waals surface area contributed by atoms with Crippen LogP contribution in [0.2, 0.25) is 0 Å². The Bertz CT molecular complexity index is 1360. The second-order valence-electron chi connectivity index (χ2n) is 7.76.